The minimum Gasteiger partial charge on any atom is -0.461 e. The Morgan fingerprint density at radius 2 is 1.48 bits per heavy atom. The molecule has 6 rings (SSSR count). The Hall–Kier alpha value is -5.41. The van der Waals surface area contributed by atoms with Gasteiger partial charge in [-0.15, -0.1) is 5.10 Å². The second-order valence-electron chi connectivity index (χ2n) is 8.97. The lowest BCUT2D eigenvalue weighted by atomic mass is 10.2. The van der Waals surface area contributed by atoms with Crippen molar-refractivity contribution in [1.82, 2.24) is 29.4 Å². The average Bonchev–Trinajstić information content (AvgIpc) is 3.67. The first-order valence-corrected chi connectivity index (χ1v) is 12.1. The highest BCUT2D eigenvalue weighted by Crippen LogP contribution is 2.32. The zero-order chi connectivity index (χ0) is 29.6. The molecule has 0 fully saturated rings. The molecular weight excluding hydrogens is 568 g/mol. The Morgan fingerprint density at radius 1 is 0.833 bits per heavy atom. The normalized spacial score (nSPS) is 12.2. The minimum atomic E-state index is -4.63. The second kappa shape index (κ2) is 9.90. The van der Waals surface area contributed by atoms with Gasteiger partial charge in [-0.3, -0.25) is 4.68 Å². The Balaban J connectivity index is 1.50. The van der Waals surface area contributed by atoms with E-state index in [1.54, 1.807) is 25.4 Å². The van der Waals surface area contributed by atoms with Gasteiger partial charge in [0, 0.05) is 24.6 Å². The van der Waals surface area contributed by atoms with Crippen LogP contribution in [-0.4, -0.2) is 35.3 Å². The highest BCUT2D eigenvalue weighted by atomic mass is 19.4. The number of benzene rings is 2. The number of furan rings is 1. The molecule has 0 amide bonds. The average molecular weight is 585 g/mol. The van der Waals surface area contributed by atoms with Crippen LogP contribution in [0.3, 0.4) is 0 Å². The topological polar surface area (TPSA) is 110 Å². The summed E-state index contributed by atoms with van der Waals surface area (Å²) in [6.45, 7) is 0. The first-order valence-electron chi connectivity index (χ1n) is 12.1. The van der Waals surface area contributed by atoms with Crippen LogP contribution in [0.2, 0.25) is 0 Å². The lowest BCUT2D eigenvalue weighted by Crippen LogP contribution is -2.23. The van der Waals surface area contributed by atoms with E-state index in [2.05, 4.69) is 35.8 Å². The monoisotopic (exact) mass is 585 g/mol. The summed E-state index contributed by atoms with van der Waals surface area (Å²) in [7, 11) is 1.67. The van der Waals surface area contributed by atoms with Crippen molar-refractivity contribution in [1.29, 1.82) is 0 Å². The van der Waals surface area contributed by atoms with E-state index in [0.29, 0.717) is 11.1 Å². The summed E-state index contributed by atoms with van der Waals surface area (Å²) in [4.78, 5) is 13.4. The Labute approximate surface area is 231 Å². The molecule has 0 aliphatic rings. The third kappa shape index (κ3) is 5.33. The van der Waals surface area contributed by atoms with Crippen molar-refractivity contribution < 1.29 is 30.8 Å². The van der Waals surface area contributed by atoms with Gasteiger partial charge in [0.1, 0.15) is 0 Å². The maximum atomic E-state index is 13.4. The molecule has 16 heteroatoms. The zero-order valence-electron chi connectivity index (χ0n) is 21.2. The molecule has 214 valence electrons. The Morgan fingerprint density at radius 3 is 2.05 bits per heavy atom. The number of aliphatic imine (C=N–C) groups is 1. The summed E-state index contributed by atoms with van der Waals surface area (Å²) in [5, 5.41) is 14.7. The molecule has 2 N–H and O–H groups in total. The van der Waals surface area contributed by atoms with Crippen LogP contribution in [-0.2, 0) is 19.4 Å². The molecule has 0 atom stereocenters. The van der Waals surface area contributed by atoms with Gasteiger partial charge >= 0.3 is 12.4 Å². The summed E-state index contributed by atoms with van der Waals surface area (Å²) in [5.41, 5.74) is -1.47. The lowest BCUT2D eigenvalue weighted by molar-refractivity contribution is -0.138. The van der Waals surface area contributed by atoms with E-state index in [0.717, 1.165) is 24.3 Å². The van der Waals surface area contributed by atoms with Crippen molar-refractivity contribution >= 4 is 40.0 Å². The molecule has 0 saturated heterocycles. The third-order valence-corrected chi connectivity index (χ3v) is 5.91. The molecule has 4 aromatic heterocycles. The van der Waals surface area contributed by atoms with E-state index >= 15 is 0 Å². The van der Waals surface area contributed by atoms with Crippen LogP contribution in [0.5, 0.6) is 0 Å². The number of hydrogen-bond donors (Lipinski definition) is 2. The van der Waals surface area contributed by atoms with Crippen LogP contribution in [0.25, 0.3) is 28.3 Å². The van der Waals surface area contributed by atoms with Crippen molar-refractivity contribution in [3.63, 3.8) is 0 Å². The maximum absolute atomic E-state index is 13.4. The maximum Gasteiger partial charge on any atom is 0.416 e. The van der Waals surface area contributed by atoms with Gasteiger partial charge in [0.05, 0.1) is 22.8 Å². The number of fused-ring (bicyclic) bond motifs is 3. The predicted octanol–water partition coefficient (Wildman–Crippen LogP) is 6.52. The van der Waals surface area contributed by atoms with E-state index in [4.69, 9.17) is 4.42 Å². The first-order chi connectivity index (χ1) is 19.9. The number of nitrogens with one attached hydrogen (secondary N) is 2. The second-order valence-corrected chi connectivity index (χ2v) is 8.97. The molecule has 0 bridgehead atoms. The number of guanidine groups is 1. The summed E-state index contributed by atoms with van der Waals surface area (Å²) in [6, 6.07) is 11.8. The third-order valence-electron chi connectivity index (χ3n) is 5.91. The summed E-state index contributed by atoms with van der Waals surface area (Å²) >= 11 is 0. The zero-order valence-corrected chi connectivity index (χ0v) is 21.2. The van der Waals surface area contributed by atoms with Gasteiger partial charge in [-0.2, -0.15) is 45.9 Å². The molecule has 0 saturated carbocycles. The van der Waals surface area contributed by atoms with Crippen molar-refractivity contribution in [3.8, 4) is 11.6 Å². The van der Waals surface area contributed by atoms with Crippen molar-refractivity contribution in [2.75, 3.05) is 10.6 Å². The van der Waals surface area contributed by atoms with Gasteiger partial charge in [-0.1, -0.05) is 12.1 Å². The van der Waals surface area contributed by atoms with Crippen LogP contribution in [0.1, 0.15) is 11.1 Å². The van der Waals surface area contributed by atoms with E-state index in [1.807, 2.05) is 0 Å². The number of halogens is 6. The molecular formula is C26H17F6N9O. The van der Waals surface area contributed by atoms with Crippen molar-refractivity contribution in [2.24, 2.45) is 12.0 Å². The molecule has 4 heterocycles. The predicted molar refractivity (Wildman–Crippen MR) is 140 cm³/mol. The van der Waals surface area contributed by atoms with E-state index in [9.17, 15) is 26.3 Å². The quantitative estimate of drug-likeness (QED) is 0.138. The number of nitrogens with zero attached hydrogens (tertiary/aromatic N) is 7. The molecule has 6 aromatic rings. The summed E-state index contributed by atoms with van der Waals surface area (Å²) in [6.07, 6.45) is -6.17. The number of anilines is 2. The Bertz CT molecular complexity index is 1880. The van der Waals surface area contributed by atoms with Gasteiger partial charge in [0.15, 0.2) is 17.1 Å². The van der Waals surface area contributed by atoms with Gasteiger partial charge in [-0.05, 0) is 48.5 Å². The largest absolute Gasteiger partial charge is 0.461 e. The van der Waals surface area contributed by atoms with E-state index in [1.165, 1.54) is 39.7 Å². The summed E-state index contributed by atoms with van der Waals surface area (Å²) in [5.74, 6) is 0.145. The van der Waals surface area contributed by atoms with Crippen molar-refractivity contribution in [2.45, 2.75) is 12.4 Å². The van der Waals surface area contributed by atoms with Crippen LogP contribution in [0.4, 0.5) is 43.7 Å². The summed E-state index contributed by atoms with van der Waals surface area (Å²) < 4.78 is 88.4. The van der Waals surface area contributed by atoms with Crippen LogP contribution < -0.4 is 10.6 Å². The molecule has 10 nitrogen and oxygen atoms in total. The van der Waals surface area contributed by atoms with Crippen LogP contribution in [0.15, 0.2) is 82.5 Å². The Kier molecular flexibility index (Phi) is 6.31. The SMILES string of the molecule is Cn1cc2c(nc(N=C(Nc3cccc(C(F)(F)F)c3)Nc3cccc(C(F)(F)F)c3)n3nc(-c4ccco4)nc23)n1. The minimum absolute atomic E-state index is 0.0481. The van der Waals surface area contributed by atoms with Gasteiger partial charge in [0.2, 0.25) is 11.8 Å². The van der Waals surface area contributed by atoms with Gasteiger partial charge < -0.3 is 15.1 Å². The fraction of sp³-hybridized carbons (Fsp3) is 0.115. The van der Waals surface area contributed by atoms with Crippen molar-refractivity contribution in [3.05, 3.63) is 84.3 Å². The molecule has 42 heavy (non-hydrogen) atoms. The molecule has 0 aliphatic heterocycles. The number of alkyl halides is 6. The highest BCUT2D eigenvalue weighted by Gasteiger charge is 2.31. The molecule has 0 unspecified atom stereocenters. The number of aromatic nitrogens is 6. The molecule has 2 aromatic carbocycles. The van der Waals surface area contributed by atoms with E-state index in [-0.39, 0.29) is 40.4 Å². The van der Waals surface area contributed by atoms with E-state index < -0.39 is 23.5 Å². The fourth-order valence-electron chi connectivity index (χ4n) is 4.07. The van der Waals surface area contributed by atoms with Gasteiger partial charge in [0.25, 0.3) is 5.95 Å². The number of rotatable bonds is 4. The smallest absolute Gasteiger partial charge is 0.416 e. The standard InChI is InChI=1S/C26H17F6N9O/c1-40-13-18-20(38-40)36-24(41-22(18)35-21(39-41)19-9-4-10-42-19)37-23(33-16-7-2-5-14(11-16)25(27,28)29)34-17-8-3-6-15(12-17)26(30,31)32/h2-13H,1H3,(H2,33,34,36,37,38). The number of aryl methyl sites for hydroxylation is 1. The lowest BCUT2D eigenvalue weighted by Gasteiger charge is -2.15. The molecule has 0 aliphatic carbocycles. The molecule has 0 spiro atoms. The van der Waals surface area contributed by atoms with Crippen LogP contribution >= 0.6 is 0 Å². The highest BCUT2D eigenvalue weighted by molar-refractivity contribution is 6.05. The molecule has 0 radical (unpaired) electrons. The van der Waals surface area contributed by atoms with Crippen LogP contribution in [0, 0.1) is 0 Å². The first kappa shape index (κ1) is 26.8. The number of hydrogen-bond acceptors (Lipinski definition) is 6. The fourth-order valence-corrected chi connectivity index (χ4v) is 4.07. The van der Waals surface area contributed by atoms with Gasteiger partial charge in [-0.25, -0.2) is 4.98 Å².